The van der Waals surface area contributed by atoms with Crippen LogP contribution in [0, 0.1) is 0 Å². The number of rotatable bonds is 4. The molecular weight excluding hydrogens is 196 g/mol. The normalized spacial score (nSPS) is 14.5. The van der Waals surface area contributed by atoms with Gasteiger partial charge in [0.1, 0.15) is 6.10 Å². The molecule has 0 bridgehead atoms. The Morgan fingerprint density at radius 1 is 1.27 bits per heavy atom. The Hall–Kier alpha value is -1.59. The number of aliphatic hydroxyl groups is 2. The standard InChI is InChI=1S/C10H14N2O3/c11-7-3-1-6(2-4-7)10(15)8(13)5-9(12)14/h1-4,8,10,13,15H,5,11H2,(H2,12,14). The van der Waals surface area contributed by atoms with E-state index in [0.717, 1.165) is 0 Å². The van der Waals surface area contributed by atoms with E-state index in [1.54, 1.807) is 24.3 Å². The van der Waals surface area contributed by atoms with Crippen molar-refractivity contribution in [2.24, 2.45) is 5.73 Å². The van der Waals surface area contributed by atoms with Gasteiger partial charge in [-0.15, -0.1) is 0 Å². The number of nitrogen functional groups attached to an aromatic ring is 1. The number of amides is 1. The summed E-state index contributed by atoms with van der Waals surface area (Å²) in [5, 5.41) is 19.1. The number of carbonyl (C=O) groups is 1. The molecule has 1 aromatic rings. The molecule has 0 saturated carbocycles. The minimum Gasteiger partial charge on any atom is -0.399 e. The number of anilines is 1. The molecule has 15 heavy (non-hydrogen) atoms. The molecule has 2 atom stereocenters. The van der Waals surface area contributed by atoms with Gasteiger partial charge in [-0.3, -0.25) is 4.79 Å². The summed E-state index contributed by atoms with van der Waals surface area (Å²) in [5.74, 6) is -0.656. The maximum absolute atomic E-state index is 10.5. The van der Waals surface area contributed by atoms with E-state index in [1.165, 1.54) is 0 Å². The molecule has 1 rings (SSSR count). The third-order valence-electron chi connectivity index (χ3n) is 2.05. The van der Waals surface area contributed by atoms with Crippen LogP contribution in [0.15, 0.2) is 24.3 Å². The van der Waals surface area contributed by atoms with Crippen molar-refractivity contribution in [3.05, 3.63) is 29.8 Å². The van der Waals surface area contributed by atoms with E-state index < -0.39 is 18.1 Å². The second-order valence-corrected chi connectivity index (χ2v) is 3.35. The van der Waals surface area contributed by atoms with Crippen LogP contribution in [0.3, 0.4) is 0 Å². The van der Waals surface area contributed by atoms with Gasteiger partial charge in [0.05, 0.1) is 12.5 Å². The Balaban J connectivity index is 2.71. The van der Waals surface area contributed by atoms with E-state index in [1.807, 2.05) is 0 Å². The number of hydrogen-bond donors (Lipinski definition) is 4. The maximum Gasteiger partial charge on any atom is 0.220 e. The Morgan fingerprint density at radius 2 is 1.80 bits per heavy atom. The predicted octanol–water partition coefficient (Wildman–Crippen LogP) is -0.462. The van der Waals surface area contributed by atoms with Gasteiger partial charge < -0.3 is 21.7 Å². The van der Waals surface area contributed by atoms with Gasteiger partial charge in [-0.05, 0) is 17.7 Å². The summed E-state index contributed by atoms with van der Waals surface area (Å²) in [6.07, 6.45) is -2.59. The summed E-state index contributed by atoms with van der Waals surface area (Å²) < 4.78 is 0. The quantitative estimate of drug-likeness (QED) is 0.504. The first-order valence-electron chi connectivity index (χ1n) is 4.50. The summed E-state index contributed by atoms with van der Waals surface area (Å²) in [7, 11) is 0. The highest BCUT2D eigenvalue weighted by Crippen LogP contribution is 2.19. The fraction of sp³-hybridized carbons (Fsp3) is 0.300. The van der Waals surface area contributed by atoms with Gasteiger partial charge in [0.15, 0.2) is 0 Å². The van der Waals surface area contributed by atoms with Crippen LogP contribution in [0.2, 0.25) is 0 Å². The number of nitrogens with two attached hydrogens (primary N) is 2. The second-order valence-electron chi connectivity index (χ2n) is 3.35. The van der Waals surface area contributed by atoms with Crippen LogP contribution in [-0.4, -0.2) is 22.2 Å². The molecule has 1 amide bonds. The monoisotopic (exact) mass is 210 g/mol. The predicted molar refractivity (Wildman–Crippen MR) is 55.6 cm³/mol. The lowest BCUT2D eigenvalue weighted by Gasteiger charge is -2.16. The van der Waals surface area contributed by atoms with E-state index >= 15 is 0 Å². The van der Waals surface area contributed by atoms with E-state index in [-0.39, 0.29) is 6.42 Å². The zero-order valence-electron chi connectivity index (χ0n) is 8.13. The molecule has 1 aromatic carbocycles. The molecule has 2 unspecified atom stereocenters. The van der Waals surface area contributed by atoms with Crippen molar-refractivity contribution in [1.29, 1.82) is 0 Å². The molecule has 6 N–H and O–H groups in total. The van der Waals surface area contributed by atoms with Gasteiger partial charge in [0.2, 0.25) is 5.91 Å². The minimum atomic E-state index is -1.19. The largest absolute Gasteiger partial charge is 0.399 e. The van der Waals surface area contributed by atoms with Crippen molar-refractivity contribution in [2.75, 3.05) is 5.73 Å². The number of hydrogen-bond acceptors (Lipinski definition) is 4. The van der Waals surface area contributed by atoms with Crippen LogP contribution in [0.5, 0.6) is 0 Å². The third kappa shape index (κ3) is 3.23. The van der Waals surface area contributed by atoms with Crippen molar-refractivity contribution in [1.82, 2.24) is 0 Å². The van der Waals surface area contributed by atoms with Crippen molar-refractivity contribution in [3.8, 4) is 0 Å². The molecule has 82 valence electrons. The molecule has 0 aromatic heterocycles. The van der Waals surface area contributed by atoms with Crippen LogP contribution in [0.1, 0.15) is 18.1 Å². The van der Waals surface area contributed by atoms with Crippen LogP contribution >= 0.6 is 0 Å². The van der Waals surface area contributed by atoms with Gasteiger partial charge in [-0.1, -0.05) is 12.1 Å². The summed E-state index contributed by atoms with van der Waals surface area (Å²) in [6.45, 7) is 0. The number of primary amides is 1. The average molecular weight is 210 g/mol. The zero-order valence-corrected chi connectivity index (χ0v) is 8.13. The topological polar surface area (TPSA) is 110 Å². The molecule has 0 fully saturated rings. The number of benzene rings is 1. The summed E-state index contributed by atoms with van der Waals surface area (Å²) >= 11 is 0. The highest BCUT2D eigenvalue weighted by atomic mass is 16.3. The molecule has 0 heterocycles. The SMILES string of the molecule is NC(=O)CC(O)C(O)c1ccc(N)cc1. The lowest BCUT2D eigenvalue weighted by Crippen LogP contribution is -2.25. The highest BCUT2D eigenvalue weighted by Gasteiger charge is 2.19. The van der Waals surface area contributed by atoms with Gasteiger partial charge in [0, 0.05) is 5.69 Å². The van der Waals surface area contributed by atoms with E-state index in [2.05, 4.69) is 0 Å². The van der Waals surface area contributed by atoms with Crippen molar-refractivity contribution in [3.63, 3.8) is 0 Å². The number of aliphatic hydroxyl groups excluding tert-OH is 2. The van der Waals surface area contributed by atoms with Gasteiger partial charge in [0.25, 0.3) is 0 Å². The smallest absolute Gasteiger partial charge is 0.220 e. The Bertz CT molecular complexity index is 337. The van der Waals surface area contributed by atoms with Crippen molar-refractivity contribution >= 4 is 11.6 Å². The summed E-state index contributed by atoms with van der Waals surface area (Å²) in [5.41, 5.74) is 11.4. The average Bonchev–Trinajstić information content (AvgIpc) is 2.17. The summed E-state index contributed by atoms with van der Waals surface area (Å²) in [6, 6.07) is 6.39. The van der Waals surface area contributed by atoms with Crippen LogP contribution in [0.25, 0.3) is 0 Å². The Morgan fingerprint density at radius 3 is 2.27 bits per heavy atom. The summed E-state index contributed by atoms with van der Waals surface area (Å²) in [4.78, 5) is 10.5. The second kappa shape index (κ2) is 4.77. The van der Waals surface area contributed by atoms with Crippen LogP contribution in [-0.2, 0) is 4.79 Å². The molecule has 0 saturated heterocycles. The minimum absolute atomic E-state index is 0.272. The molecule has 0 spiro atoms. The van der Waals surface area contributed by atoms with Crippen molar-refractivity contribution in [2.45, 2.75) is 18.6 Å². The Labute approximate surface area is 87.3 Å². The zero-order chi connectivity index (χ0) is 11.4. The number of carbonyl (C=O) groups excluding carboxylic acids is 1. The van der Waals surface area contributed by atoms with Crippen LogP contribution in [0.4, 0.5) is 5.69 Å². The molecular formula is C10H14N2O3. The van der Waals surface area contributed by atoms with Gasteiger partial charge >= 0.3 is 0 Å². The third-order valence-corrected chi connectivity index (χ3v) is 2.05. The van der Waals surface area contributed by atoms with Crippen LogP contribution < -0.4 is 11.5 Å². The lowest BCUT2D eigenvalue weighted by molar-refractivity contribution is -0.121. The molecule has 0 aliphatic heterocycles. The first-order valence-corrected chi connectivity index (χ1v) is 4.50. The molecule has 5 heteroatoms. The molecule has 5 nitrogen and oxygen atoms in total. The van der Waals surface area contributed by atoms with Gasteiger partial charge in [-0.25, -0.2) is 0 Å². The molecule has 0 radical (unpaired) electrons. The molecule has 0 aliphatic rings. The van der Waals surface area contributed by atoms with Gasteiger partial charge in [-0.2, -0.15) is 0 Å². The van der Waals surface area contributed by atoms with E-state index in [0.29, 0.717) is 11.3 Å². The first kappa shape index (κ1) is 11.5. The first-order chi connectivity index (χ1) is 7.00. The van der Waals surface area contributed by atoms with E-state index in [4.69, 9.17) is 11.5 Å². The van der Waals surface area contributed by atoms with Crippen molar-refractivity contribution < 1.29 is 15.0 Å². The molecule has 0 aliphatic carbocycles. The lowest BCUT2D eigenvalue weighted by atomic mass is 10.0. The Kier molecular flexibility index (Phi) is 3.65. The highest BCUT2D eigenvalue weighted by molar-refractivity contribution is 5.74. The maximum atomic E-state index is 10.5. The van der Waals surface area contributed by atoms with E-state index in [9.17, 15) is 15.0 Å². The fourth-order valence-corrected chi connectivity index (χ4v) is 1.23. The fourth-order valence-electron chi connectivity index (χ4n) is 1.23.